The molecule has 0 aromatic heterocycles. The molecular formula is C27H24ClN3O2S. The Morgan fingerprint density at radius 3 is 2.00 bits per heavy atom. The molecule has 5 nitrogen and oxygen atoms in total. The minimum absolute atomic E-state index is 0.260. The van der Waals surface area contributed by atoms with Gasteiger partial charge in [0.2, 0.25) is 0 Å². The lowest BCUT2D eigenvalue weighted by atomic mass is 10.2. The Hall–Kier alpha value is -3.06. The van der Waals surface area contributed by atoms with Gasteiger partial charge in [0.15, 0.2) is 0 Å². The van der Waals surface area contributed by atoms with Gasteiger partial charge >= 0.3 is 0 Å². The van der Waals surface area contributed by atoms with E-state index in [0.717, 1.165) is 24.5 Å². The monoisotopic (exact) mass is 489 g/mol. The Bertz CT molecular complexity index is 1210. The highest BCUT2D eigenvalue weighted by atomic mass is 35.5. The number of nitrogens with zero attached hydrogens (tertiary/aromatic N) is 3. The number of hydrogen-bond acceptors (Lipinski definition) is 5. The van der Waals surface area contributed by atoms with Gasteiger partial charge in [-0.25, -0.2) is 4.90 Å². The van der Waals surface area contributed by atoms with E-state index < -0.39 is 0 Å². The Morgan fingerprint density at radius 2 is 1.35 bits per heavy atom. The number of piperazine rings is 1. The van der Waals surface area contributed by atoms with Crippen molar-refractivity contribution >= 4 is 40.9 Å². The van der Waals surface area contributed by atoms with E-state index in [4.69, 9.17) is 11.6 Å². The lowest BCUT2D eigenvalue weighted by molar-refractivity contribution is -0.121. The molecule has 2 amide bonds. The zero-order valence-electron chi connectivity index (χ0n) is 18.6. The largest absolute Gasteiger partial charge is 0.363 e. The molecule has 3 aromatic rings. The Kier molecular flexibility index (Phi) is 6.72. The molecule has 3 aromatic carbocycles. The fraction of sp³-hybridized carbons (Fsp3) is 0.185. The molecule has 0 bridgehead atoms. The van der Waals surface area contributed by atoms with E-state index >= 15 is 0 Å². The first kappa shape index (κ1) is 22.7. The van der Waals surface area contributed by atoms with Crippen LogP contribution >= 0.6 is 23.4 Å². The average Bonchev–Trinajstić information content (AvgIpc) is 3.11. The number of amides is 2. The average molecular weight is 490 g/mol. The maximum absolute atomic E-state index is 13.6. The summed E-state index contributed by atoms with van der Waals surface area (Å²) < 4.78 is 0. The molecule has 5 rings (SSSR count). The smallest absolute Gasteiger partial charge is 0.283 e. The number of halogens is 1. The number of hydrogen-bond donors (Lipinski definition) is 0. The van der Waals surface area contributed by atoms with Gasteiger partial charge in [-0.3, -0.25) is 14.5 Å². The summed E-state index contributed by atoms with van der Waals surface area (Å²) >= 11 is 7.37. The van der Waals surface area contributed by atoms with Crippen molar-refractivity contribution in [2.75, 3.05) is 31.1 Å². The number of para-hydroxylation sites is 1. The molecule has 0 radical (unpaired) electrons. The maximum Gasteiger partial charge on any atom is 0.283 e. The molecule has 2 aliphatic heterocycles. The van der Waals surface area contributed by atoms with E-state index in [1.54, 1.807) is 24.3 Å². The van der Waals surface area contributed by atoms with Crippen molar-refractivity contribution in [3.8, 4) is 0 Å². The molecule has 34 heavy (non-hydrogen) atoms. The molecule has 0 spiro atoms. The number of thioether (sulfide) groups is 1. The summed E-state index contributed by atoms with van der Waals surface area (Å²) in [4.78, 5) is 34.2. The van der Waals surface area contributed by atoms with Gasteiger partial charge in [-0.15, -0.1) is 0 Å². The molecule has 0 unspecified atom stereocenters. The van der Waals surface area contributed by atoms with Crippen LogP contribution in [-0.2, 0) is 16.1 Å². The van der Waals surface area contributed by atoms with Crippen LogP contribution in [0.1, 0.15) is 5.56 Å². The molecule has 2 aliphatic rings. The topological polar surface area (TPSA) is 43.9 Å². The summed E-state index contributed by atoms with van der Waals surface area (Å²) in [6.45, 7) is 3.90. The van der Waals surface area contributed by atoms with Crippen LogP contribution in [0.3, 0.4) is 0 Å². The lowest BCUT2D eigenvalue weighted by Gasteiger charge is -2.36. The number of carbonyl (C=O) groups is 2. The molecule has 0 atom stereocenters. The van der Waals surface area contributed by atoms with Crippen molar-refractivity contribution in [3.05, 3.63) is 106 Å². The van der Waals surface area contributed by atoms with E-state index in [0.29, 0.717) is 34.4 Å². The third kappa shape index (κ3) is 4.75. The van der Waals surface area contributed by atoms with E-state index in [1.165, 1.54) is 22.2 Å². The van der Waals surface area contributed by atoms with Crippen LogP contribution in [0.5, 0.6) is 0 Å². The van der Waals surface area contributed by atoms with Crippen LogP contribution in [0.15, 0.2) is 100 Å². The highest BCUT2D eigenvalue weighted by Crippen LogP contribution is 2.39. The number of benzene rings is 3. The zero-order valence-corrected chi connectivity index (χ0v) is 20.1. The van der Waals surface area contributed by atoms with Crippen molar-refractivity contribution in [2.24, 2.45) is 0 Å². The van der Waals surface area contributed by atoms with Crippen LogP contribution in [-0.4, -0.2) is 47.8 Å². The van der Waals surface area contributed by atoms with Crippen LogP contribution in [0.4, 0.5) is 5.69 Å². The fourth-order valence-corrected chi connectivity index (χ4v) is 5.40. The lowest BCUT2D eigenvalue weighted by Crippen LogP contribution is -2.47. The van der Waals surface area contributed by atoms with Gasteiger partial charge in [0.25, 0.3) is 11.8 Å². The summed E-state index contributed by atoms with van der Waals surface area (Å²) in [5.74, 6) is -0.540. The zero-order chi connectivity index (χ0) is 23.5. The van der Waals surface area contributed by atoms with Crippen molar-refractivity contribution in [3.63, 3.8) is 0 Å². The Morgan fingerprint density at radius 1 is 0.735 bits per heavy atom. The van der Waals surface area contributed by atoms with Crippen molar-refractivity contribution < 1.29 is 9.59 Å². The standard InChI is InChI=1S/C27H24ClN3O2S/c28-21-11-13-23(14-12-21)34-25-24(26(32)31(27(25)33)22-9-5-2-6-10-22)30-17-15-29(16-18-30)19-20-7-3-1-4-8-20/h1-14H,15-19H2. The van der Waals surface area contributed by atoms with Crippen LogP contribution in [0, 0.1) is 0 Å². The van der Waals surface area contributed by atoms with Crippen LogP contribution in [0.2, 0.25) is 5.02 Å². The van der Waals surface area contributed by atoms with Crippen LogP contribution in [0.25, 0.3) is 0 Å². The highest BCUT2D eigenvalue weighted by molar-refractivity contribution is 8.04. The molecule has 1 saturated heterocycles. The van der Waals surface area contributed by atoms with Crippen molar-refractivity contribution in [1.29, 1.82) is 0 Å². The van der Waals surface area contributed by atoms with Gasteiger partial charge in [0, 0.05) is 42.6 Å². The van der Waals surface area contributed by atoms with Gasteiger partial charge in [-0.05, 0) is 42.0 Å². The predicted molar refractivity (Wildman–Crippen MR) is 137 cm³/mol. The molecule has 172 valence electrons. The maximum atomic E-state index is 13.6. The molecule has 2 heterocycles. The predicted octanol–water partition coefficient (Wildman–Crippen LogP) is 5.03. The van der Waals surface area contributed by atoms with E-state index in [-0.39, 0.29) is 11.8 Å². The number of anilines is 1. The van der Waals surface area contributed by atoms with E-state index in [1.807, 2.05) is 36.4 Å². The van der Waals surface area contributed by atoms with Gasteiger partial charge in [-0.2, -0.15) is 0 Å². The summed E-state index contributed by atoms with van der Waals surface area (Å²) in [6.07, 6.45) is 0. The Labute approximate surface area is 208 Å². The second kappa shape index (κ2) is 10.1. The first-order chi connectivity index (χ1) is 16.6. The van der Waals surface area contributed by atoms with Crippen molar-refractivity contribution in [1.82, 2.24) is 9.80 Å². The van der Waals surface area contributed by atoms with E-state index in [2.05, 4.69) is 34.1 Å². The highest BCUT2D eigenvalue weighted by Gasteiger charge is 2.43. The second-order valence-corrected chi connectivity index (χ2v) is 9.78. The van der Waals surface area contributed by atoms with Gasteiger partial charge in [0.05, 0.1) is 5.69 Å². The fourth-order valence-electron chi connectivity index (χ4n) is 4.27. The van der Waals surface area contributed by atoms with Gasteiger partial charge in [-0.1, -0.05) is 71.9 Å². The third-order valence-corrected chi connectivity index (χ3v) is 7.34. The van der Waals surface area contributed by atoms with Crippen molar-refractivity contribution in [2.45, 2.75) is 11.4 Å². The number of imide groups is 1. The molecule has 0 saturated carbocycles. The normalized spacial score (nSPS) is 17.1. The third-order valence-electron chi connectivity index (χ3n) is 6.00. The van der Waals surface area contributed by atoms with Gasteiger partial charge in [0.1, 0.15) is 10.6 Å². The summed E-state index contributed by atoms with van der Waals surface area (Å²) in [5.41, 5.74) is 2.36. The molecule has 0 aliphatic carbocycles. The number of rotatable bonds is 6. The quantitative estimate of drug-likeness (QED) is 0.454. The summed E-state index contributed by atoms with van der Waals surface area (Å²) in [7, 11) is 0. The van der Waals surface area contributed by atoms with Gasteiger partial charge < -0.3 is 4.90 Å². The van der Waals surface area contributed by atoms with E-state index in [9.17, 15) is 9.59 Å². The summed E-state index contributed by atoms with van der Waals surface area (Å²) in [6, 6.07) is 26.9. The molecular weight excluding hydrogens is 466 g/mol. The second-order valence-electron chi connectivity index (χ2n) is 8.26. The summed E-state index contributed by atoms with van der Waals surface area (Å²) in [5, 5.41) is 0.632. The first-order valence-corrected chi connectivity index (χ1v) is 12.4. The molecule has 0 N–H and O–H groups in total. The minimum Gasteiger partial charge on any atom is -0.363 e. The van der Waals surface area contributed by atoms with Crippen LogP contribution < -0.4 is 4.90 Å². The molecule has 1 fully saturated rings. The number of carbonyl (C=O) groups excluding carboxylic acids is 2. The Balaban J connectivity index is 1.40. The SMILES string of the molecule is O=C1C(Sc2ccc(Cl)cc2)=C(N2CCN(Cc3ccccc3)CC2)C(=O)N1c1ccccc1. The first-order valence-electron chi connectivity index (χ1n) is 11.2. The molecule has 7 heteroatoms. The minimum atomic E-state index is -0.280.